The van der Waals surface area contributed by atoms with E-state index >= 15 is 0 Å². The molecule has 1 aliphatic rings. The van der Waals surface area contributed by atoms with E-state index in [-0.39, 0.29) is 22.6 Å². The van der Waals surface area contributed by atoms with Crippen molar-refractivity contribution in [2.45, 2.75) is 44.1 Å². The Balaban J connectivity index is 1.74. The lowest BCUT2D eigenvalue weighted by atomic mass is 9.98. The summed E-state index contributed by atoms with van der Waals surface area (Å²) in [6.07, 6.45) is -13.1. The van der Waals surface area contributed by atoms with Gasteiger partial charge in [0.2, 0.25) is 0 Å². The zero-order chi connectivity index (χ0) is 30.4. The van der Waals surface area contributed by atoms with E-state index < -0.39 is 53.2 Å². The fourth-order valence-electron chi connectivity index (χ4n) is 4.23. The highest BCUT2D eigenvalue weighted by atomic mass is 19.4. The number of alkyl halides is 9. The van der Waals surface area contributed by atoms with Gasteiger partial charge in [-0.15, -0.1) is 13.2 Å². The fraction of sp³-hybridized carbons (Fsp3) is 0.259. The number of hydrogen-bond donors (Lipinski definition) is 1. The number of nitrogens with zero attached hydrogens (tertiary/aromatic N) is 2. The number of rotatable bonds is 6. The molecule has 2 heterocycles. The molecule has 5 nitrogen and oxygen atoms in total. The molecule has 4 rings (SSSR count). The predicted molar refractivity (Wildman–Crippen MR) is 128 cm³/mol. The third-order valence-electron chi connectivity index (χ3n) is 6.08. The van der Waals surface area contributed by atoms with Crippen LogP contribution in [-0.2, 0) is 22.7 Å². The van der Waals surface area contributed by atoms with Crippen molar-refractivity contribution < 1.29 is 49.0 Å². The molecule has 1 aromatic heterocycles. The topological polar surface area (TPSA) is 54.5 Å². The lowest BCUT2D eigenvalue weighted by Gasteiger charge is -2.29. The van der Waals surface area contributed by atoms with Gasteiger partial charge in [0.25, 0.3) is 5.91 Å². The molecule has 3 aromatic rings. The van der Waals surface area contributed by atoms with Gasteiger partial charge in [-0.1, -0.05) is 18.2 Å². The van der Waals surface area contributed by atoms with Crippen LogP contribution in [0.2, 0.25) is 0 Å². The molecule has 1 aliphatic heterocycles. The Bertz CT molecular complexity index is 1460. The molecular weight excluding hydrogens is 569 g/mol. The van der Waals surface area contributed by atoms with E-state index in [0.29, 0.717) is 0 Å². The Kier molecular flexibility index (Phi) is 7.48. The number of pyridine rings is 1. The highest BCUT2D eigenvalue weighted by molar-refractivity contribution is 6.09. The molecule has 0 saturated carbocycles. The molecule has 2 aromatic carbocycles. The van der Waals surface area contributed by atoms with Crippen molar-refractivity contribution in [3.63, 3.8) is 0 Å². The first kappa shape index (κ1) is 29.7. The van der Waals surface area contributed by atoms with Gasteiger partial charge in [0, 0.05) is 5.69 Å². The zero-order valence-electron chi connectivity index (χ0n) is 21.1. The van der Waals surface area contributed by atoms with Gasteiger partial charge in [-0.3, -0.25) is 9.69 Å². The van der Waals surface area contributed by atoms with Gasteiger partial charge in [0.05, 0.1) is 28.5 Å². The van der Waals surface area contributed by atoms with Crippen molar-refractivity contribution in [1.82, 2.24) is 10.3 Å². The summed E-state index contributed by atoms with van der Waals surface area (Å²) in [5, 5.41) is 2.83. The van der Waals surface area contributed by atoms with Gasteiger partial charge >= 0.3 is 18.7 Å². The van der Waals surface area contributed by atoms with Crippen LogP contribution in [0.15, 0.2) is 78.5 Å². The lowest BCUT2D eigenvalue weighted by molar-refractivity contribution is -0.274. The molecule has 0 radical (unpaired) electrons. The molecule has 14 heteroatoms. The van der Waals surface area contributed by atoms with Crippen LogP contribution >= 0.6 is 0 Å². The summed E-state index contributed by atoms with van der Waals surface area (Å²) in [5.41, 5.74) is -3.75. The first-order valence-electron chi connectivity index (χ1n) is 11.8. The van der Waals surface area contributed by atoms with E-state index in [1.54, 1.807) is 0 Å². The fourth-order valence-corrected chi connectivity index (χ4v) is 4.23. The van der Waals surface area contributed by atoms with Crippen molar-refractivity contribution in [2.24, 2.45) is 0 Å². The molecule has 0 aliphatic carbocycles. The summed E-state index contributed by atoms with van der Waals surface area (Å²) in [6.45, 7) is 2.91. The number of hydrogen-bond acceptors (Lipinski definition) is 4. The quantitative estimate of drug-likeness (QED) is 0.303. The van der Waals surface area contributed by atoms with E-state index in [4.69, 9.17) is 0 Å². The number of ether oxygens (including phenoxy) is 1. The van der Waals surface area contributed by atoms with Crippen molar-refractivity contribution in [3.05, 3.63) is 101 Å². The third kappa shape index (κ3) is 6.74. The number of carbonyl (C=O) groups excluding carboxylic acids is 1. The van der Waals surface area contributed by atoms with E-state index in [0.717, 1.165) is 59.5 Å². The van der Waals surface area contributed by atoms with Gasteiger partial charge in [-0.2, -0.15) is 26.3 Å². The summed E-state index contributed by atoms with van der Waals surface area (Å²) in [6, 6.07) is 10.3. The molecule has 1 N–H and O–H groups in total. The Morgan fingerprint density at radius 3 is 2.00 bits per heavy atom. The van der Waals surface area contributed by atoms with Gasteiger partial charge in [0.1, 0.15) is 11.4 Å². The molecular formula is C27H20F9N3O2. The Labute approximate surface area is 227 Å². The normalized spacial score (nSPS) is 16.6. The molecule has 0 fully saturated rings. The molecule has 1 unspecified atom stereocenters. The number of anilines is 1. The van der Waals surface area contributed by atoms with Crippen LogP contribution < -0.4 is 15.0 Å². The zero-order valence-corrected chi connectivity index (χ0v) is 21.1. The summed E-state index contributed by atoms with van der Waals surface area (Å²) >= 11 is 0. The van der Waals surface area contributed by atoms with E-state index in [1.807, 2.05) is 0 Å². The molecule has 1 atom stereocenters. The Hall–Kier alpha value is -4.23. The van der Waals surface area contributed by atoms with Crippen LogP contribution in [-0.4, -0.2) is 17.3 Å². The first-order chi connectivity index (χ1) is 18.8. The number of aromatic nitrogens is 1. The average molecular weight is 589 g/mol. The largest absolute Gasteiger partial charge is 0.573 e. The molecule has 0 spiro atoms. The average Bonchev–Trinajstić information content (AvgIpc) is 3.18. The number of halogens is 9. The van der Waals surface area contributed by atoms with Gasteiger partial charge < -0.3 is 10.1 Å². The molecule has 0 bridgehead atoms. The van der Waals surface area contributed by atoms with Crippen molar-refractivity contribution >= 4 is 11.6 Å². The predicted octanol–water partition coefficient (Wildman–Crippen LogP) is 7.51. The van der Waals surface area contributed by atoms with Gasteiger partial charge in [-0.05, 0) is 74.0 Å². The van der Waals surface area contributed by atoms with E-state index in [9.17, 15) is 44.3 Å². The van der Waals surface area contributed by atoms with Gasteiger partial charge in [0.15, 0.2) is 0 Å². The maximum Gasteiger partial charge on any atom is 0.573 e. The van der Waals surface area contributed by atoms with Crippen molar-refractivity contribution in [1.29, 1.82) is 0 Å². The molecule has 41 heavy (non-hydrogen) atoms. The lowest BCUT2D eigenvalue weighted by Crippen LogP contribution is -2.41. The summed E-state index contributed by atoms with van der Waals surface area (Å²) < 4.78 is 122. The number of benzene rings is 2. The second-order valence-electron chi connectivity index (χ2n) is 9.52. The van der Waals surface area contributed by atoms with Crippen LogP contribution in [0.5, 0.6) is 5.75 Å². The number of amides is 1. The van der Waals surface area contributed by atoms with E-state index in [1.165, 1.54) is 32.1 Å². The molecule has 0 saturated heterocycles. The minimum Gasteiger partial charge on any atom is -0.406 e. The molecule has 1 amide bonds. The maximum absolute atomic E-state index is 13.6. The highest BCUT2D eigenvalue weighted by Gasteiger charge is 2.40. The Morgan fingerprint density at radius 1 is 0.805 bits per heavy atom. The monoisotopic (exact) mass is 589 g/mol. The summed E-state index contributed by atoms with van der Waals surface area (Å²) in [5.74, 6) is -1.39. The summed E-state index contributed by atoms with van der Waals surface area (Å²) in [4.78, 5) is 18.3. The standard InChI is InChI=1S/C27H20F9N3O2/c1-24(2,21-7-4-8-22(37-21)26(31,32)33)38-19-14-20(15-5-3-6-16(13-15)25(28,29)30)39(23(19)40)17-9-11-18(12-10-17)41-27(34,35)36/h3-14,20,38H,1-2H3. The van der Waals surface area contributed by atoms with Crippen molar-refractivity contribution in [2.75, 3.05) is 4.90 Å². The maximum atomic E-state index is 13.6. The van der Waals surface area contributed by atoms with Crippen molar-refractivity contribution in [3.8, 4) is 5.75 Å². The minimum atomic E-state index is -4.98. The van der Waals surface area contributed by atoms with Crippen LogP contribution in [0.1, 0.15) is 42.4 Å². The first-order valence-corrected chi connectivity index (χ1v) is 11.8. The summed E-state index contributed by atoms with van der Waals surface area (Å²) in [7, 11) is 0. The Morgan fingerprint density at radius 2 is 1.41 bits per heavy atom. The second-order valence-corrected chi connectivity index (χ2v) is 9.52. The SMILES string of the molecule is CC(C)(NC1=CC(c2cccc(C(F)(F)F)c2)N(c2ccc(OC(F)(F)F)cc2)C1=O)c1cccc(C(F)(F)F)n1. The highest BCUT2D eigenvalue weighted by Crippen LogP contribution is 2.39. The van der Waals surface area contributed by atoms with Crippen LogP contribution in [0, 0.1) is 0 Å². The van der Waals surface area contributed by atoms with Crippen LogP contribution in [0.25, 0.3) is 0 Å². The smallest absolute Gasteiger partial charge is 0.406 e. The number of carbonyl (C=O) groups is 1. The van der Waals surface area contributed by atoms with Gasteiger partial charge in [-0.25, -0.2) is 4.98 Å². The van der Waals surface area contributed by atoms with Crippen LogP contribution in [0.3, 0.4) is 0 Å². The number of nitrogens with one attached hydrogen (secondary N) is 1. The molecule has 218 valence electrons. The van der Waals surface area contributed by atoms with Crippen LogP contribution in [0.4, 0.5) is 45.2 Å². The van der Waals surface area contributed by atoms with E-state index in [2.05, 4.69) is 15.0 Å². The second kappa shape index (κ2) is 10.3. The third-order valence-corrected chi connectivity index (χ3v) is 6.08. The minimum absolute atomic E-state index is 0.0231.